The maximum absolute atomic E-state index is 12.5. The Kier molecular flexibility index (Phi) is 6.06. The summed E-state index contributed by atoms with van der Waals surface area (Å²) in [6.07, 6.45) is 6.72. The van der Waals surface area contributed by atoms with E-state index in [0.29, 0.717) is 24.5 Å². The first-order valence-electron chi connectivity index (χ1n) is 10.5. The molecule has 3 aliphatic rings. The summed E-state index contributed by atoms with van der Waals surface area (Å²) in [6, 6.07) is -0.345. The SMILES string of the molecule is CC(C)(C)OC(=O)NCC(O)CCC1N[B-]2(OC1=O)C1CCCC2CCC1. The number of nitrogens with one attached hydrogen (secondary N) is 2. The molecule has 7 nitrogen and oxygen atoms in total. The van der Waals surface area contributed by atoms with Crippen molar-refractivity contribution in [3.05, 3.63) is 0 Å². The topological polar surface area (TPSA) is 96.9 Å². The van der Waals surface area contributed by atoms with E-state index >= 15 is 0 Å². The largest absolute Gasteiger partial charge is 0.673 e. The highest BCUT2D eigenvalue weighted by atomic mass is 16.6. The molecule has 3 aliphatic heterocycles. The van der Waals surface area contributed by atoms with Crippen molar-refractivity contribution < 1.29 is 24.1 Å². The number of carbonyl (C=O) groups excluding carboxylic acids is 2. The van der Waals surface area contributed by atoms with Gasteiger partial charge in [0, 0.05) is 6.54 Å². The van der Waals surface area contributed by atoms with Crippen molar-refractivity contribution >= 4 is 18.5 Å². The Bertz CT molecular complexity index is 543. The van der Waals surface area contributed by atoms with Gasteiger partial charge in [-0.1, -0.05) is 38.5 Å². The summed E-state index contributed by atoms with van der Waals surface area (Å²) in [5, 5.41) is 16.3. The second kappa shape index (κ2) is 7.99. The summed E-state index contributed by atoms with van der Waals surface area (Å²) in [7, 11) is 0. The van der Waals surface area contributed by atoms with Crippen molar-refractivity contribution in [2.45, 2.75) is 102 Å². The molecule has 1 amide bonds. The van der Waals surface area contributed by atoms with Crippen LogP contribution >= 0.6 is 0 Å². The number of hydrogen-bond acceptors (Lipinski definition) is 6. The van der Waals surface area contributed by atoms with Gasteiger partial charge in [-0.15, -0.1) is 11.6 Å². The molecule has 1 spiro atoms. The van der Waals surface area contributed by atoms with E-state index in [4.69, 9.17) is 9.39 Å². The first kappa shape index (κ1) is 20.5. The number of amides is 1. The Hall–Kier alpha value is -1.28. The predicted molar refractivity (Wildman–Crippen MR) is 103 cm³/mol. The summed E-state index contributed by atoms with van der Waals surface area (Å²) in [6.45, 7) is 4.23. The molecule has 0 aromatic carbocycles. The smallest absolute Gasteiger partial charge is 0.407 e. The van der Waals surface area contributed by atoms with E-state index in [9.17, 15) is 14.7 Å². The summed E-state index contributed by atoms with van der Waals surface area (Å²) in [4.78, 5) is 24.1. The standard InChI is InChI=1S/C19H34BN2O5/c1-19(2,3)26-18(25)21-12-15(23)10-11-16-17(24)27-20(22-16)13-6-4-7-14(20)9-5-8-13/h13-16,22-23H,4-12H2,1-3H3,(H,21,25)/q-1. The molecule has 0 saturated carbocycles. The molecule has 3 fully saturated rings. The van der Waals surface area contributed by atoms with Crippen molar-refractivity contribution in [1.29, 1.82) is 0 Å². The number of alkyl carbamates (subject to hydrolysis) is 1. The van der Waals surface area contributed by atoms with E-state index in [1.54, 1.807) is 20.8 Å². The van der Waals surface area contributed by atoms with E-state index in [1.165, 1.54) is 12.8 Å². The first-order chi connectivity index (χ1) is 12.7. The summed E-state index contributed by atoms with van der Waals surface area (Å²) in [5.41, 5.74) is -0.568. The Balaban J connectivity index is 1.46. The zero-order valence-corrected chi connectivity index (χ0v) is 16.8. The molecule has 2 bridgehead atoms. The number of aliphatic hydroxyl groups is 1. The van der Waals surface area contributed by atoms with Crippen LogP contribution in [0.2, 0.25) is 11.6 Å². The van der Waals surface area contributed by atoms with Crippen LogP contribution < -0.4 is 10.5 Å². The Morgan fingerprint density at radius 2 is 1.89 bits per heavy atom. The molecular weight excluding hydrogens is 347 g/mol. The van der Waals surface area contributed by atoms with Gasteiger partial charge >= 0.3 is 6.09 Å². The molecule has 0 aromatic heterocycles. The number of aliphatic hydroxyl groups excluding tert-OH is 1. The van der Waals surface area contributed by atoms with E-state index in [1.807, 2.05) is 0 Å². The highest BCUT2D eigenvalue weighted by molar-refractivity contribution is 6.77. The van der Waals surface area contributed by atoms with Crippen molar-refractivity contribution in [2.24, 2.45) is 0 Å². The van der Waals surface area contributed by atoms with E-state index in [0.717, 1.165) is 25.7 Å². The zero-order chi connectivity index (χ0) is 19.7. The van der Waals surface area contributed by atoms with Crippen LogP contribution in [0.1, 0.15) is 72.1 Å². The lowest BCUT2D eigenvalue weighted by atomic mass is 9.28. The molecule has 8 heteroatoms. The third kappa shape index (κ3) is 4.77. The molecule has 3 N–H and O–H groups in total. The normalized spacial score (nSPS) is 34.2. The number of ether oxygens (including phenoxy) is 1. The lowest BCUT2D eigenvalue weighted by Crippen LogP contribution is -2.60. The Morgan fingerprint density at radius 1 is 1.30 bits per heavy atom. The quantitative estimate of drug-likeness (QED) is 0.634. The van der Waals surface area contributed by atoms with Gasteiger partial charge in [-0.2, -0.15) is 0 Å². The van der Waals surface area contributed by atoms with Crippen molar-refractivity contribution in [2.75, 3.05) is 6.54 Å². The molecule has 2 atom stereocenters. The van der Waals surface area contributed by atoms with Gasteiger partial charge in [0.2, 0.25) is 6.48 Å². The molecule has 3 heterocycles. The van der Waals surface area contributed by atoms with Crippen LogP contribution in [0.5, 0.6) is 0 Å². The van der Waals surface area contributed by atoms with E-state index < -0.39 is 24.3 Å². The minimum atomic E-state index is -1.25. The van der Waals surface area contributed by atoms with Gasteiger partial charge in [-0.05, 0) is 33.6 Å². The van der Waals surface area contributed by atoms with Gasteiger partial charge in [-0.3, -0.25) is 4.79 Å². The monoisotopic (exact) mass is 381 g/mol. The molecule has 154 valence electrons. The van der Waals surface area contributed by atoms with Crippen LogP contribution in [0.15, 0.2) is 0 Å². The van der Waals surface area contributed by atoms with Crippen molar-refractivity contribution in [3.8, 4) is 0 Å². The predicted octanol–water partition coefficient (Wildman–Crippen LogP) is 2.72. The molecule has 2 unspecified atom stereocenters. The molecule has 27 heavy (non-hydrogen) atoms. The summed E-state index contributed by atoms with van der Waals surface area (Å²) in [5.74, 6) is 0.788. The van der Waals surface area contributed by atoms with Crippen molar-refractivity contribution in [3.63, 3.8) is 0 Å². The van der Waals surface area contributed by atoms with Crippen LogP contribution in [-0.4, -0.2) is 47.9 Å². The van der Waals surface area contributed by atoms with Gasteiger partial charge in [0.15, 0.2) is 0 Å². The van der Waals surface area contributed by atoms with Crippen LogP contribution in [0, 0.1) is 0 Å². The average molecular weight is 381 g/mol. The van der Waals surface area contributed by atoms with Gasteiger partial charge < -0.3 is 25.0 Å². The van der Waals surface area contributed by atoms with Crippen LogP contribution in [0.25, 0.3) is 0 Å². The number of hydrogen-bond donors (Lipinski definition) is 3. The number of carbonyl (C=O) groups is 2. The molecular formula is C19H34BN2O5-. The molecule has 0 aliphatic carbocycles. The Morgan fingerprint density at radius 3 is 2.44 bits per heavy atom. The van der Waals surface area contributed by atoms with E-state index in [2.05, 4.69) is 10.5 Å². The second-order valence-corrected chi connectivity index (χ2v) is 9.57. The molecule has 0 radical (unpaired) electrons. The highest BCUT2D eigenvalue weighted by Gasteiger charge is 2.53. The second-order valence-electron chi connectivity index (χ2n) is 9.57. The average Bonchev–Trinajstić information content (AvgIpc) is 2.85. The van der Waals surface area contributed by atoms with Gasteiger partial charge in [0.25, 0.3) is 5.97 Å². The summed E-state index contributed by atoms with van der Waals surface area (Å²) >= 11 is 0. The van der Waals surface area contributed by atoms with Gasteiger partial charge in [0.1, 0.15) is 5.60 Å². The first-order valence-corrected chi connectivity index (χ1v) is 10.5. The maximum Gasteiger partial charge on any atom is 0.407 e. The van der Waals surface area contributed by atoms with E-state index in [-0.39, 0.29) is 18.6 Å². The van der Waals surface area contributed by atoms with Crippen LogP contribution in [0.4, 0.5) is 4.79 Å². The van der Waals surface area contributed by atoms with Gasteiger partial charge in [0.05, 0.1) is 12.1 Å². The zero-order valence-electron chi connectivity index (χ0n) is 16.8. The maximum atomic E-state index is 12.5. The van der Waals surface area contributed by atoms with Crippen LogP contribution in [0.3, 0.4) is 0 Å². The summed E-state index contributed by atoms with van der Waals surface area (Å²) < 4.78 is 11.2. The third-order valence-corrected chi connectivity index (χ3v) is 6.43. The lowest BCUT2D eigenvalue weighted by molar-refractivity contribution is -0.134. The fourth-order valence-corrected chi connectivity index (χ4v) is 5.28. The fraction of sp³-hybridized carbons (Fsp3) is 0.895. The van der Waals surface area contributed by atoms with Crippen LogP contribution in [-0.2, 0) is 14.2 Å². The molecule has 3 saturated heterocycles. The number of rotatable bonds is 5. The molecule has 3 rings (SSSR count). The molecule has 0 aromatic rings. The highest BCUT2D eigenvalue weighted by Crippen LogP contribution is 2.53. The van der Waals surface area contributed by atoms with Crippen molar-refractivity contribution in [1.82, 2.24) is 10.5 Å². The Labute approximate surface area is 161 Å². The third-order valence-electron chi connectivity index (χ3n) is 6.43. The lowest BCUT2D eigenvalue weighted by Gasteiger charge is -2.55. The fourth-order valence-electron chi connectivity index (χ4n) is 5.28. The minimum Gasteiger partial charge on any atom is -0.673 e. The van der Waals surface area contributed by atoms with Gasteiger partial charge in [-0.25, -0.2) is 4.79 Å². The minimum absolute atomic E-state index is 0.109.